The number of nitrogens with zero attached hydrogens (tertiary/aromatic N) is 2. The Bertz CT molecular complexity index is 581. The Morgan fingerprint density at radius 1 is 1.33 bits per heavy atom. The van der Waals surface area contributed by atoms with E-state index in [0.29, 0.717) is 12.5 Å². The lowest BCUT2D eigenvalue weighted by Gasteiger charge is -2.10. The average Bonchev–Trinajstić information content (AvgIpc) is 2.65. The number of hydrogen-bond donors (Lipinski definition) is 1. The topological polar surface area (TPSA) is 29.9 Å². The van der Waals surface area contributed by atoms with Gasteiger partial charge in [0.25, 0.3) is 0 Å². The molecule has 0 unspecified atom stereocenters. The Hall–Kier alpha value is -1.43. The van der Waals surface area contributed by atoms with Gasteiger partial charge in [0, 0.05) is 18.8 Å². The summed E-state index contributed by atoms with van der Waals surface area (Å²) in [5.41, 5.74) is 0.862. The Kier molecular flexibility index (Phi) is 3.65. The molecule has 0 aliphatic rings. The van der Waals surface area contributed by atoms with Gasteiger partial charge in [0.1, 0.15) is 11.6 Å². The molecule has 1 aromatic heterocycles. The third-order valence-corrected chi connectivity index (χ3v) is 3.02. The highest BCUT2D eigenvalue weighted by Gasteiger charge is 2.14. The van der Waals surface area contributed by atoms with E-state index in [1.807, 2.05) is 6.92 Å². The second kappa shape index (κ2) is 5.06. The summed E-state index contributed by atoms with van der Waals surface area (Å²) in [6.07, 6.45) is 1.66. The first-order valence-electron chi connectivity index (χ1n) is 5.47. The minimum absolute atomic E-state index is 0.102. The number of aromatic nitrogens is 2. The Balaban J connectivity index is 2.57. The van der Waals surface area contributed by atoms with Crippen LogP contribution < -0.4 is 5.32 Å². The van der Waals surface area contributed by atoms with Crippen LogP contribution in [0.5, 0.6) is 0 Å². The van der Waals surface area contributed by atoms with Crippen LogP contribution in [0.1, 0.15) is 12.6 Å². The van der Waals surface area contributed by atoms with Crippen molar-refractivity contribution in [2.45, 2.75) is 13.8 Å². The first-order valence-corrected chi connectivity index (χ1v) is 6.27. The number of benzene rings is 1. The summed E-state index contributed by atoms with van der Waals surface area (Å²) >= 11 is 2.95. The van der Waals surface area contributed by atoms with Crippen molar-refractivity contribution in [2.24, 2.45) is 0 Å². The molecule has 0 fully saturated rings. The van der Waals surface area contributed by atoms with Gasteiger partial charge in [-0.3, -0.25) is 4.57 Å². The molecule has 0 spiro atoms. The van der Waals surface area contributed by atoms with Gasteiger partial charge in [-0.1, -0.05) is 0 Å². The maximum Gasteiger partial charge on any atom is 0.207 e. The largest absolute Gasteiger partial charge is 0.356 e. The molecule has 0 radical (unpaired) electrons. The van der Waals surface area contributed by atoms with Crippen molar-refractivity contribution in [3.8, 4) is 5.69 Å². The molecule has 0 aliphatic heterocycles. The number of imidazole rings is 1. The zero-order chi connectivity index (χ0) is 13.3. The third-order valence-electron chi connectivity index (χ3n) is 2.41. The van der Waals surface area contributed by atoms with Crippen LogP contribution in [-0.4, -0.2) is 16.1 Å². The van der Waals surface area contributed by atoms with E-state index >= 15 is 0 Å². The van der Waals surface area contributed by atoms with Crippen LogP contribution in [0.2, 0.25) is 0 Å². The molecule has 1 N–H and O–H groups in total. The molecule has 3 nitrogen and oxygen atoms in total. The predicted molar refractivity (Wildman–Crippen MR) is 70.1 cm³/mol. The van der Waals surface area contributed by atoms with E-state index in [1.54, 1.807) is 13.1 Å². The molecule has 1 heterocycles. The van der Waals surface area contributed by atoms with E-state index in [4.69, 9.17) is 0 Å². The molecule has 2 rings (SSSR count). The summed E-state index contributed by atoms with van der Waals surface area (Å²) in [4.78, 5) is 4.22. The van der Waals surface area contributed by atoms with Gasteiger partial charge < -0.3 is 5.32 Å². The molecule has 96 valence electrons. The monoisotopic (exact) mass is 315 g/mol. The average molecular weight is 316 g/mol. The second-order valence-electron chi connectivity index (χ2n) is 3.82. The molecule has 0 saturated heterocycles. The normalized spacial score (nSPS) is 10.7. The Labute approximate surface area is 112 Å². The molecule has 6 heteroatoms. The van der Waals surface area contributed by atoms with Gasteiger partial charge in [-0.05, 0) is 35.8 Å². The lowest BCUT2D eigenvalue weighted by molar-refractivity contribution is 0.587. The molecule has 1 aromatic carbocycles. The van der Waals surface area contributed by atoms with Gasteiger partial charge in [0.15, 0.2) is 0 Å². The van der Waals surface area contributed by atoms with Crippen LogP contribution in [0.4, 0.5) is 14.7 Å². The smallest absolute Gasteiger partial charge is 0.207 e. The van der Waals surface area contributed by atoms with Gasteiger partial charge in [-0.15, -0.1) is 0 Å². The van der Waals surface area contributed by atoms with Gasteiger partial charge in [0.2, 0.25) is 5.95 Å². The number of hydrogen-bond acceptors (Lipinski definition) is 2. The second-order valence-corrected chi connectivity index (χ2v) is 4.68. The summed E-state index contributed by atoms with van der Waals surface area (Å²) in [6.45, 7) is 4.36. The van der Waals surface area contributed by atoms with E-state index in [-0.39, 0.29) is 10.2 Å². The van der Waals surface area contributed by atoms with Crippen molar-refractivity contribution in [3.63, 3.8) is 0 Å². The van der Waals surface area contributed by atoms with Crippen LogP contribution >= 0.6 is 15.9 Å². The quantitative estimate of drug-likeness (QED) is 0.876. The van der Waals surface area contributed by atoms with Crippen LogP contribution in [0.15, 0.2) is 22.8 Å². The summed E-state index contributed by atoms with van der Waals surface area (Å²) in [7, 11) is 0. The summed E-state index contributed by atoms with van der Waals surface area (Å²) in [5, 5.41) is 3.01. The van der Waals surface area contributed by atoms with Gasteiger partial charge in [-0.2, -0.15) is 0 Å². The van der Waals surface area contributed by atoms with Crippen molar-refractivity contribution in [3.05, 3.63) is 40.1 Å². The van der Waals surface area contributed by atoms with Crippen molar-refractivity contribution in [1.82, 2.24) is 9.55 Å². The van der Waals surface area contributed by atoms with E-state index < -0.39 is 11.6 Å². The van der Waals surface area contributed by atoms with Crippen molar-refractivity contribution in [1.29, 1.82) is 0 Å². The van der Waals surface area contributed by atoms with Gasteiger partial charge in [-0.25, -0.2) is 13.8 Å². The van der Waals surface area contributed by atoms with E-state index in [1.165, 1.54) is 4.57 Å². The molecule has 18 heavy (non-hydrogen) atoms. The molecule has 2 aromatic rings. The lowest BCUT2D eigenvalue weighted by Crippen LogP contribution is -2.06. The molecule has 0 saturated carbocycles. The van der Waals surface area contributed by atoms with Crippen LogP contribution in [0, 0.1) is 18.6 Å². The fraction of sp³-hybridized carbons (Fsp3) is 0.250. The molecule has 0 bridgehead atoms. The molecule has 0 amide bonds. The summed E-state index contributed by atoms with van der Waals surface area (Å²) in [5.74, 6) is -0.532. The van der Waals surface area contributed by atoms with Crippen molar-refractivity contribution >= 4 is 21.9 Å². The Morgan fingerprint density at radius 2 is 2.06 bits per heavy atom. The first-order chi connectivity index (χ1) is 8.52. The number of nitrogens with one attached hydrogen (secondary N) is 1. The molecular weight excluding hydrogens is 304 g/mol. The zero-order valence-electron chi connectivity index (χ0n) is 9.97. The number of anilines is 1. The number of aryl methyl sites for hydroxylation is 1. The maximum absolute atomic E-state index is 13.9. The standard InChI is InChI=1S/C12H12BrF2N3/c1-3-16-12-17-7(2)6-18(12)11-5-9(14)8(13)4-10(11)15/h4-6H,3H2,1-2H3,(H,16,17). The minimum atomic E-state index is -0.514. The fourth-order valence-electron chi connectivity index (χ4n) is 1.66. The van der Waals surface area contributed by atoms with Gasteiger partial charge >= 0.3 is 0 Å². The van der Waals surface area contributed by atoms with Crippen LogP contribution in [-0.2, 0) is 0 Å². The first kappa shape index (κ1) is 13.0. The van der Waals surface area contributed by atoms with E-state index in [2.05, 4.69) is 26.2 Å². The zero-order valence-corrected chi connectivity index (χ0v) is 11.6. The highest BCUT2D eigenvalue weighted by Crippen LogP contribution is 2.25. The SMILES string of the molecule is CCNc1nc(C)cn1-c1cc(F)c(Br)cc1F. The maximum atomic E-state index is 13.9. The van der Waals surface area contributed by atoms with Crippen molar-refractivity contribution < 1.29 is 8.78 Å². The Morgan fingerprint density at radius 3 is 2.72 bits per heavy atom. The molecule has 0 atom stereocenters. The van der Waals surface area contributed by atoms with Crippen LogP contribution in [0.25, 0.3) is 5.69 Å². The van der Waals surface area contributed by atoms with Crippen molar-refractivity contribution in [2.75, 3.05) is 11.9 Å². The number of rotatable bonds is 3. The van der Waals surface area contributed by atoms with Gasteiger partial charge in [0.05, 0.1) is 15.9 Å². The highest BCUT2D eigenvalue weighted by molar-refractivity contribution is 9.10. The van der Waals surface area contributed by atoms with Crippen LogP contribution in [0.3, 0.4) is 0 Å². The molecule has 0 aliphatic carbocycles. The van der Waals surface area contributed by atoms with E-state index in [9.17, 15) is 8.78 Å². The summed E-state index contributed by atoms with van der Waals surface area (Å²) in [6, 6.07) is 2.25. The van der Waals surface area contributed by atoms with E-state index in [0.717, 1.165) is 17.8 Å². The highest BCUT2D eigenvalue weighted by atomic mass is 79.9. The summed E-state index contributed by atoms with van der Waals surface area (Å²) < 4.78 is 29.0. The molecular formula is C12H12BrF2N3. The third kappa shape index (κ3) is 2.38. The lowest BCUT2D eigenvalue weighted by atomic mass is 10.3. The number of halogens is 3. The minimum Gasteiger partial charge on any atom is -0.356 e. The predicted octanol–water partition coefficient (Wildman–Crippen LogP) is 3.65. The fourth-order valence-corrected chi connectivity index (χ4v) is 1.98.